The van der Waals surface area contributed by atoms with Crippen LogP contribution in [0, 0.1) is 12.7 Å². The van der Waals surface area contributed by atoms with E-state index in [2.05, 4.69) is 0 Å². The predicted molar refractivity (Wildman–Crippen MR) is 60.0 cm³/mol. The van der Waals surface area contributed by atoms with Crippen LogP contribution in [0.4, 0.5) is 4.39 Å². The van der Waals surface area contributed by atoms with Gasteiger partial charge < -0.3 is 5.73 Å². The molecule has 0 unspecified atom stereocenters. The van der Waals surface area contributed by atoms with Gasteiger partial charge in [-0.15, -0.1) is 0 Å². The van der Waals surface area contributed by atoms with Gasteiger partial charge in [-0.2, -0.15) is 0 Å². The molecule has 1 nitrogen and oxygen atoms in total. The summed E-state index contributed by atoms with van der Waals surface area (Å²) in [7, 11) is 0. The molecule has 0 amide bonds. The van der Waals surface area contributed by atoms with Crippen molar-refractivity contribution in [3.8, 4) is 0 Å². The summed E-state index contributed by atoms with van der Waals surface area (Å²) in [5.41, 5.74) is 5.69. The molecule has 0 radical (unpaired) electrons. The number of hydrogen-bond acceptors (Lipinski definition) is 1. The van der Waals surface area contributed by atoms with E-state index in [9.17, 15) is 4.39 Å². The molecule has 14 heavy (non-hydrogen) atoms. The van der Waals surface area contributed by atoms with Crippen molar-refractivity contribution >= 4 is 23.2 Å². The maximum Gasteiger partial charge on any atom is 0.126 e. The van der Waals surface area contributed by atoms with Crippen LogP contribution in [0.2, 0.25) is 0 Å². The second kappa shape index (κ2) is 7.80. The first-order chi connectivity index (χ1) is 6.57. The predicted octanol–water partition coefficient (Wildman–Crippen LogP) is 3.40. The van der Waals surface area contributed by atoms with Gasteiger partial charge in [0.1, 0.15) is 10.3 Å². The van der Waals surface area contributed by atoms with E-state index in [1.807, 2.05) is 6.07 Å². The van der Waals surface area contributed by atoms with E-state index in [0.29, 0.717) is 12.1 Å². The van der Waals surface area contributed by atoms with Gasteiger partial charge >= 0.3 is 0 Å². The molecule has 4 heteroatoms. The van der Waals surface area contributed by atoms with Crippen LogP contribution < -0.4 is 5.73 Å². The van der Waals surface area contributed by atoms with E-state index in [1.165, 1.54) is 12.1 Å². The second-order valence-electron chi connectivity index (χ2n) is 2.48. The molecule has 0 atom stereocenters. The molecule has 0 aliphatic rings. The standard InChI is InChI=1S/C7H7F.C3H5Cl2N/c1-6-4-2-3-5-7(6)8;4-3(5)1-2-6/h2-5H,1H3;1H,2,6H2. The van der Waals surface area contributed by atoms with Crippen molar-refractivity contribution in [2.45, 2.75) is 6.92 Å². The number of hydrogen-bond donors (Lipinski definition) is 1. The highest BCUT2D eigenvalue weighted by Gasteiger charge is 1.88. The summed E-state index contributed by atoms with van der Waals surface area (Å²) in [6, 6.07) is 6.70. The van der Waals surface area contributed by atoms with Crippen molar-refractivity contribution in [3.05, 3.63) is 46.2 Å². The Balaban J connectivity index is 0.000000255. The SMILES string of the molecule is Cc1ccccc1F.NCC=C(Cl)Cl. The van der Waals surface area contributed by atoms with Crippen LogP contribution in [-0.4, -0.2) is 6.54 Å². The lowest BCUT2D eigenvalue weighted by molar-refractivity contribution is 0.618. The normalized spacial score (nSPS) is 8.64. The number of nitrogens with two attached hydrogens (primary N) is 1. The van der Waals surface area contributed by atoms with Crippen molar-refractivity contribution in [2.24, 2.45) is 5.73 Å². The van der Waals surface area contributed by atoms with Crippen LogP contribution in [0.5, 0.6) is 0 Å². The Bertz CT molecular complexity index is 275. The Morgan fingerprint density at radius 3 is 2.21 bits per heavy atom. The molecule has 1 aromatic rings. The van der Waals surface area contributed by atoms with Gasteiger partial charge in [0.05, 0.1) is 0 Å². The second-order valence-corrected chi connectivity index (χ2v) is 3.49. The van der Waals surface area contributed by atoms with Gasteiger partial charge in [0.15, 0.2) is 0 Å². The molecule has 0 fully saturated rings. The van der Waals surface area contributed by atoms with Gasteiger partial charge in [-0.05, 0) is 24.6 Å². The Kier molecular flexibility index (Phi) is 7.48. The molecule has 0 saturated heterocycles. The van der Waals surface area contributed by atoms with E-state index in [-0.39, 0.29) is 10.3 Å². The minimum absolute atomic E-state index is 0.132. The molecule has 0 aliphatic heterocycles. The molecule has 2 N–H and O–H groups in total. The molecule has 78 valence electrons. The maximum absolute atomic E-state index is 12.3. The van der Waals surface area contributed by atoms with Gasteiger partial charge in [-0.25, -0.2) is 4.39 Å². The summed E-state index contributed by atoms with van der Waals surface area (Å²) in [4.78, 5) is 0. The highest BCUT2D eigenvalue weighted by molar-refractivity contribution is 6.55. The van der Waals surface area contributed by atoms with Gasteiger partial charge in [-0.3, -0.25) is 0 Å². The molecule has 0 spiro atoms. The van der Waals surface area contributed by atoms with Crippen LogP contribution in [0.3, 0.4) is 0 Å². The summed E-state index contributed by atoms with van der Waals surface area (Å²) in [5.74, 6) is -0.132. The Hall–Kier alpha value is -0.570. The van der Waals surface area contributed by atoms with Crippen LogP contribution in [0.1, 0.15) is 5.56 Å². The number of aryl methyl sites for hydroxylation is 1. The first kappa shape index (κ1) is 13.4. The van der Waals surface area contributed by atoms with Crippen LogP contribution in [-0.2, 0) is 0 Å². The Labute approximate surface area is 93.3 Å². The fourth-order valence-corrected chi connectivity index (χ4v) is 0.818. The van der Waals surface area contributed by atoms with Crippen molar-refractivity contribution in [1.82, 2.24) is 0 Å². The van der Waals surface area contributed by atoms with Crippen LogP contribution in [0.15, 0.2) is 34.8 Å². The zero-order chi connectivity index (χ0) is 11.0. The summed E-state index contributed by atoms with van der Waals surface area (Å²) in [6.45, 7) is 2.15. The highest BCUT2D eigenvalue weighted by Crippen LogP contribution is 2.03. The third-order valence-corrected chi connectivity index (χ3v) is 1.66. The summed E-state index contributed by atoms with van der Waals surface area (Å²) in [5, 5.41) is 0. The molecular formula is C10H12Cl2FN. The van der Waals surface area contributed by atoms with Crippen LogP contribution >= 0.6 is 23.2 Å². The molecule has 1 rings (SSSR count). The van der Waals surface area contributed by atoms with Crippen molar-refractivity contribution in [3.63, 3.8) is 0 Å². The van der Waals surface area contributed by atoms with E-state index in [1.54, 1.807) is 19.1 Å². The fourth-order valence-electron chi connectivity index (χ4n) is 0.640. The van der Waals surface area contributed by atoms with Gasteiger partial charge in [0, 0.05) is 6.54 Å². The van der Waals surface area contributed by atoms with E-state index in [4.69, 9.17) is 28.9 Å². The fraction of sp³-hybridized carbons (Fsp3) is 0.200. The van der Waals surface area contributed by atoms with Gasteiger partial charge in [0.2, 0.25) is 0 Å². The van der Waals surface area contributed by atoms with Gasteiger partial charge in [0.25, 0.3) is 0 Å². The molecular weight excluding hydrogens is 224 g/mol. The summed E-state index contributed by atoms with van der Waals surface area (Å²) in [6.07, 6.45) is 1.52. The van der Waals surface area contributed by atoms with E-state index >= 15 is 0 Å². The topological polar surface area (TPSA) is 26.0 Å². The quantitative estimate of drug-likeness (QED) is 0.794. The molecule has 0 aromatic heterocycles. The zero-order valence-corrected chi connectivity index (χ0v) is 9.32. The largest absolute Gasteiger partial charge is 0.327 e. The minimum Gasteiger partial charge on any atom is -0.327 e. The highest BCUT2D eigenvalue weighted by atomic mass is 35.5. The van der Waals surface area contributed by atoms with Crippen molar-refractivity contribution in [2.75, 3.05) is 6.54 Å². The third-order valence-electron chi connectivity index (χ3n) is 1.35. The van der Waals surface area contributed by atoms with E-state index in [0.717, 1.165) is 0 Å². The Morgan fingerprint density at radius 2 is 2.00 bits per heavy atom. The summed E-state index contributed by atoms with van der Waals surface area (Å²) < 4.78 is 12.6. The van der Waals surface area contributed by atoms with Crippen molar-refractivity contribution in [1.29, 1.82) is 0 Å². The molecule has 0 saturated carbocycles. The average Bonchev–Trinajstić information content (AvgIpc) is 2.11. The smallest absolute Gasteiger partial charge is 0.126 e. The number of rotatable bonds is 1. The first-order valence-corrected chi connectivity index (χ1v) is 4.76. The molecule has 0 heterocycles. The van der Waals surface area contributed by atoms with Crippen LogP contribution in [0.25, 0.3) is 0 Å². The lowest BCUT2D eigenvalue weighted by Crippen LogP contribution is -1.91. The lowest BCUT2D eigenvalue weighted by Gasteiger charge is -1.89. The summed E-state index contributed by atoms with van der Waals surface area (Å²) >= 11 is 10.2. The first-order valence-electron chi connectivity index (χ1n) is 4.00. The monoisotopic (exact) mass is 235 g/mol. The molecule has 0 bridgehead atoms. The molecule has 1 aromatic carbocycles. The van der Waals surface area contributed by atoms with Gasteiger partial charge in [-0.1, -0.05) is 41.4 Å². The third kappa shape index (κ3) is 6.89. The number of benzene rings is 1. The maximum atomic E-state index is 12.3. The average molecular weight is 236 g/mol. The van der Waals surface area contributed by atoms with E-state index < -0.39 is 0 Å². The lowest BCUT2D eigenvalue weighted by atomic mass is 10.2. The number of halogens is 3. The van der Waals surface area contributed by atoms with Crippen molar-refractivity contribution < 1.29 is 4.39 Å². The minimum atomic E-state index is -0.132. The zero-order valence-electron chi connectivity index (χ0n) is 7.81. The Morgan fingerprint density at radius 1 is 1.43 bits per heavy atom. The molecule has 0 aliphatic carbocycles.